The van der Waals surface area contributed by atoms with Crippen LogP contribution < -0.4 is 19.7 Å². The van der Waals surface area contributed by atoms with Crippen LogP contribution in [0, 0.1) is 10.1 Å². The topological polar surface area (TPSA) is 111 Å². The van der Waals surface area contributed by atoms with E-state index in [1.807, 2.05) is 36.4 Å². The number of fused-ring (bicyclic) bond motifs is 1. The molecule has 1 heterocycles. The maximum Gasteiger partial charge on any atom is 0.269 e. The van der Waals surface area contributed by atoms with Crippen LogP contribution in [0.15, 0.2) is 78.0 Å². The molecule has 1 aliphatic heterocycles. The summed E-state index contributed by atoms with van der Waals surface area (Å²) >= 11 is 0. The number of hydrogen-bond donors (Lipinski definition) is 1. The molecule has 1 N–H and O–H groups in total. The van der Waals surface area contributed by atoms with Gasteiger partial charge in [0.15, 0.2) is 17.3 Å². The fraction of sp³-hybridized carbons (Fsp3) is 0.267. The predicted molar refractivity (Wildman–Crippen MR) is 147 cm³/mol. The quantitative estimate of drug-likeness (QED) is 0.313. The van der Waals surface area contributed by atoms with Crippen LogP contribution in [0.3, 0.4) is 0 Å². The standard InChI is InChI=1S/C30H29N3O6/c1-4-28(35)32-24-11-6-5-10-22(24)31-23-15-20(18-8-7-9-21(14-18)33(36)37)16-25(34)29(23)30(32)19-12-13-26(38-2)27(17-19)39-3/h5-14,17,20,30-31H,4,15-16H2,1-3H3/t20-,30+/m0/s1. The highest BCUT2D eigenvalue weighted by atomic mass is 16.6. The number of nitro groups is 1. The van der Waals surface area contributed by atoms with Crippen LogP contribution >= 0.6 is 0 Å². The third-order valence-corrected chi connectivity index (χ3v) is 7.34. The molecule has 9 heteroatoms. The monoisotopic (exact) mass is 527 g/mol. The maximum absolute atomic E-state index is 14.0. The minimum absolute atomic E-state index is 0.0122. The second-order valence-electron chi connectivity index (χ2n) is 9.55. The molecule has 200 valence electrons. The summed E-state index contributed by atoms with van der Waals surface area (Å²) in [6, 6.07) is 18.6. The van der Waals surface area contributed by atoms with Gasteiger partial charge in [-0.2, -0.15) is 0 Å². The van der Waals surface area contributed by atoms with Gasteiger partial charge in [0.05, 0.1) is 36.6 Å². The van der Waals surface area contributed by atoms with E-state index in [1.54, 1.807) is 44.2 Å². The molecule has 2 aliphatic rings. The Hall–Kier alpha value is -4.66. The van der Waals surface area contributed by atoms with Gasteiger partial charge in [-0.15, -0.1) is 0 Å². The highest BCUT2D eigenvalue weighted by molar-refractivity contribution is 6.06. The molecule has 9 nitrogen and oxygen atoms in total. The van der Waals surface area contributed by atoms with Crippen molar-refractivity contribution < 1.29 is 24.0 Å². The van der Waals surface area contributed by atoms with Crippen molar-refractivity contribution in [3.05, 3.63) is 99.2 Å². The smallest absolute Gasteiger partial charge is 0.269 e. The summed E-state index contributed by atoms with van der Waals surface area (Å²) in [6.45, 7) is 1.80. The second kappa shape index (κ2) is 10.6. The SMILES string of the molecule is CCC(=O)N1c2ccccc2NC2=C(C(=O)C[C@@H](c3cccc([N+](=O)[O-])c3)C2)[C@H]1c1ccc(OC)c(OC)c1. The fourth-order valence-electron chi connectivity index (χ4n) is 5.50. The maximum atomic E-state index is 14.0. The molecular formula is C30H29N3O6. The first-order chi connectivity index (χ1) is 18.9. The minimum atomic E-state index is -0.707. The lowest BCUT2D eigenvalue weighted by Crippen LogP contribution is -2.38. The number of allylic oxidation sites excluding steroid dienone is 1. The van der Waals surface area contributed by atoms with Gasteiger partial charge >= 0.3 is 0 Å². The molecule has 0 aromatic heterocycles. The van der Waals surface area contributed by atoms with Crippen molar-refractivity contribution in [2.75, 3.05) is 24.4 Å². The molecule has 0 unspecified atom stereocenters. The summed E-state index contributed by atoms with van der Waals surface area (Å²) < 4.78 is 11.0. The van der Waals surface area contributed by atoms with Crippen LogP contribution in [-0.4, -0.2) is 30.8 Å². The van der Waals surface area contributed by atoms with Crippen molar-refractivity contribution in [3.63, 3.8) is 0 Å². The van der Waals surface area contributed by atoms with Crippen LogP contribution in [-0.2, 0) is 9.59 Å². The Morgan fingerprint density at radius 2 is 1.77 bits per heavy atom. The number of non-ortho nitro benzene ring substituents is 1. The van der Waals surface area contributed by atoms with Crippen molar-refractivity contribution in [1.82, 2.24) is 0 Å². The number of anilines is 2. The second-order valence-corrected chi connectivity index (χ2v) is 9.55. The zero-order chi connectivity index (χ0) is 27.7. The van der Waals surface area contributed by atoms with Crippen molar-refractivity contribution >= 4 is 28.8 Å². The average molecular weight is 528 g/mol. The molecule has 0 saturated carbocycles. The Morgan fingerprint density at radius 3 is 2.49 bits per heavy atom. The first-order valence-electron chi connectivity index (χ1n) is 12.8. The van der Waals surface area contributed by atoms with Gasteiger partial charge in [-0.05, 0) is 47.7 Å². The third kappa shape index (κ3) is 4.71. The molecule has 0 spiro atoms. The number of rotatable bonds is 6. The van der Waals surface area contributed by atoms with Crippen molar-refractivity contribution in [3.8, 4) is 11.5 Å². The predicted octanol–water partition coefficient (Wildman–Crippen LogP) is 5.92. The first kappa shape index (κ1) is 26.0. The van der Waals surface area contributed by atoms with Crippen LogP contribution in [0.2, 0.25) is 0 Å². The summed E-state index contributed by atoms with van der Waals surface area (Å²) in [5.74, 6) is 0.518. The Balaban J connectivity index is 1.70. The van der Waals surface area contributed by atoms with Crippen LogP contribution in [0.4, 0.5) is 17.1 Å². The largest absolute Gasteiger partial charge is 0.493 e. The van der Waals surface area contributed by atoms with Crippen LogP contribution in [0.1, 0.15) is 49.3 Å². The zero-order valence-electron chi connectivity index (χ0n) is 22.0. The number of carbonyl (C=O) groups excluding carboxylic acids is 2. The Kier molecular flexibility index (Phi) is 7.06. The van der Waals surface area contributed by atoms with Gasteiger partial charge in [-0.3, -0.25) is 24.6 Å². The number of nitrogens with zero attached hydrogens (tertiary/aromatic N) is 2. The van der Waals surface area contributed by atoms with Gasteiger partial charge in [0, 0.05) is 36.2 Å². The van der Waals surface area contributed by atoms with Gasteiger partial charge in [0.2, 0.25) is 5.91 Å². The van der Waals surface area contributed by atoms with Gasteiger partial charge in [-0.1, -0.05) is 37.3 Å². The Labute approximate surface area is 226 Å². The van der Waals surface area contributed by atoms with E-state index in [2.05, 4.69) is 5.32 Å². The normalized spacial score (nSPS) is 18.4. The van der Waals surface area contributed by atoms with Crippen LogP contribution in [0.25, 0.3) is 0 Å². The number of amides is 1. The van der Waals surface area contributed by atoms with Crippen molar-refractivity contribution in [1.29, 1.82) is 0 Å². The molecule has 5 rings (SSSR count). The summed E-state index contributed by atoms with van der Waals surface area (Å²) in [5, 5.41) is 14.9. The molecule has 3 aromatic carbocycles. The molecule has 1 aliphatic carbocycles. The summed E-state index contributed by atoms with van der Waals surface area (Å²) in [4.78, 5) is 40.2. The molecule has 0 radical (unpaired) electrons. The van der Waals surface area contributed by atoms with Gasteiger partial charge in [0.1, 0.15) is 0 Å². The van der Waals surface area contributed by atoms with E-state index in [0.717, 1.165) is 5.56 Å². The number of nitro benzene ring substituents is 1. The number of ketones is 1. The Morgan fingerprint density at radius 1 is 1.00 bits per heavy atom. The number of methoxy groups -OCH3 is 2. The summed E-state index contributed by atoms with van der Waals surface area (Å²) in [5.41, 5.74) is 4.00. The molecule has 39 heavy (non-hydrogen) atoms. The van der Waals surface area contributed by atoms with Gasteiger partial charge in [-0.25, -0.2) is 0 Å². The number of hydrogen-bond acceptors (Lipinski definition) is 7. The van der Waals surface area contributed by atoms with E-state index < -0.39 is 11.0 Å². The highest BCUT2D eigenvalue weighted by Crippen LogP contribution is 2.48. The van der Waals surface area contributed by atoms with Gasteiger partial charge in [0.25, 0.3) is 5.69 Å². The minimum Gasteiger partial charge on any atom is -0.493 e. The zero-order valence-corrected chi connectivity index (χ0v) is 22.0. The number of carbonyl (C=O) groups is 2. The van der Waals surface area contributed by atoms with E-state index in [-0.39, 0.29) is 36.1 Å². The van der Waals surface area contributed by atoms with Crippen LogP contribution in [0.5, 0.6) is 11.5 Å². The van der Waals surface area contributed by atoms with E-state index in [4.69, 9.17) is 9.47 Å². The van der Waals surface area contributed by atoms with Gasteiger partial charge < -0.3 is 14.8 Å². The van der Waals surface area contributed by atoms with E-state index >= 15 is 0 Å². The summed E-state index contributed by atoms with van der Waals surface area (Å²) in [6.07, 6.45) is 0.857. The average Bonchev–Trinajstić information content (AvgIpc) is 3.11. The number of ether oxygens (including phenoxy) is 2. The molecule has 3 aromatic rings. The lowest BCUT2D eigenvalue weighted by Gasteiger charge is -2.35. The van der Waals surface area contributed by atoms with Crippen molar-refractivity contribution in [2.24, 2.45) is 0 Å². The van der Waals surface area contributed by atoms with E-state index in [1.165, 1.54) is 12.1 Å². The number of para-hydroxylation sites is 2. The highest BCUT2D eigenvalue weighted by Gasteiger charge is 2.41. The fourth-order valence-corrected chi connectivity index (χ4v) is 5.50. The third-order valence-electron chi connectivity index (χ3n) is 7.34. The first-order valence-corrected chi connectivity index (χ1v) is 12.8. The van der Waals surface area contributed by atoms with E-state index in [0.29, 0.717) is 46.1 Å². The lowest BCUT2D eigenvalue weighted by atomic mass is 9.78. The Bertz CT molecular complexity index is 1500. The summed E-state index contributed by atoms with van der Waals surface area (Å²) in [7, 11) is 3.09. The molecule has 2 atom stereocenters. The molecule has 0 fully saturated rings. The molecule has 0 bridgehead atoms. The molecule has 0 saturated heterocycles. The molecule has 1 amide bonds. The van der Waals surface area contributed by atoms with E-state index in [9.17, 15) is 19.7 Å². The number of benzene rings is 3. The van der Waals surface area contributed by atoms with Crippen molar-refractivity contribution in [2.45, 2.75) is 38.1 Å². The lowest BCUT2D eigenvalue weighted by molar-refractivity contribution is -0.384. The molecular weight excluding hydrogens is 498 g/mol. The number of Topliss-reactive ketones (excluding diaryl/α,β-unsaturated/α-hetero) is 1. The number of nitrogens with one attached hydrogen (secondary N) is 1.